The monoisotopic (exact) mass is 225 g/mol. The van der Waals surface area contributed by atoms with Gasteiger partial charge in [-0.15, -0.1) is 0 Å². The second kappa shape index (κ2) is 4.15. The molecule has 0 atom stereocenters. The highest BCUT2D eigenvalue weighted by Gasteiger charge is 2.23. The number of nitro benzene ring substituents is 1. The van der Waals surface area contributed by atoms with Crippen LogP contribution in [0.3, 0.4) is 0 Å². The van der Waals surface area contributed by atoms with E-state index in [1.807, 2.05) is 0 Å². The third-order valence-corrected chi connectivity index (χ3v) is 2.60. The van der Waals surface area contributed by atoms with Crippen molar-refractivity contribution >= 4 is 5.69 Å². The van der Waals surface area contributed by atoms with E-state index in [4.69, 9.17) is 5.73 Å². The molecule has 1 heterocycles. The average Bonchev–Trinajstić information content (AvgIpc) is 2.15. The van der Waals surface area contributed by atoms with Gasteiger partial charge in [0.25, 0.3) is 0 Å². The molecule has 1 aliphatic heterocycles. The fourth-order valence-corrected chi connectivity index (χ4v) is 1.79. The van der Waals surface area contributed by atoms with Gasteiger partial charge >= 0.3 is 5.69 Å². The van der Waals surface area contributed by atoms with E-state index in [0.29, 0.717) is 6.54 Å². The zero-order valence-corrected chi connectivity index (χ0v) is 8.60. The Kier molecular flexibility index (Phi) is 2.84. The van der Waals surface area contributed by atoms with Crippen LogP contribution in [-0.2, 0) is 6.54 Å². The summed E-state index contributed by atoms with van der Waals surface area (Å²) in [6.07, 6.45) is 0. The van der Waals surface area contributed by atoms with Gasteiger partial charge in [0.05, 0.1) is 4.92 Å². The molecule has 1 aromatic rings. The van der Waals surface area contributed by atoms with Gasteiger partial charge in [-0.05, 0) is 11.6 Å². The van der Waals surface area contributed by atoms with Crippen LogP contribution in [0.5, 0.6) is 0 Å². The number of likely N-dealkylation sites (tertiary alicyclic amines) is 1. The van der Waals surface area contributed by atoms with Crippen LogP contribution < -0.4 is 5.73 Å². The molecule has 6 heteroatoms. The summed E-state index contributed by atoms with van der Waals surface area (Å²) < 4.78 is 13.3. The minimum Gasteiger partial charge on any atom is -0.325 e. The molecule has 16 heavy (non-hydrogen) atoms. The lowest BCUT2D eigenvalue weighted by atomic mass is 10.1. The zero-order chi connectivity index (χ0) is 11.7. The van der Waals surface area contributed by atoms with E-state index in [1.54, 1.807) is 6.07 Å². The maximum Gasteiger partial charge on any atom is 0.304 e. The molecular weight excluding hydrogens is 213 g/mol. The highest BCUT2D eigenvalue weighted by atomic mass is 19.1. The van der Waals surface area contributed by atoms with E-state index in [1.165, 1.54) is 12.1 Å². The molecule has 0 saturated carbocycles. The molecule has 1 aliphatic rings. The van der Waals surface area contributed by atoms with Crippen molar-refractivity contribution in [3.63, 3.8) is 0 Å². The van der Waals surface area contributed by atoms with Crippen molar-refractivity contribution in [1.29, 1.82) is 0 Å². The Morgan fingerprint density at radius 1 is 1.56 bits per heavy atom. The number of hydrogen-bond acceptors (Lipinski definition) is 4. The molecule has 0 spiro atoms. The molecule has 86 valence electrons. The Morgan fingerprint density at radius 3 is 2.75 bits per heavy atom. The van der Waals surface area contributed by atoms with Gasteiger partial charge in [0.1, 0.15) is 0 Å². The van der Waals surface area contributed by atoms with Gasteiger partial charge in [0.2, 0.25) is 5.82 Å². The molecule has 0 unspecified atom stereocenters. The number of nitrogens with zero attached hydrogens (tertiary/aromatic N) is 2. The van der Waals surface area contributed by atoms with E-state index in [9.17, 15) is 14.5 Å². The lowest BCUT2D eigenvalue weighted by molar-refractivity contribution is -0.387. The molecule has 0 bridgehead atoms. The van der Waals surface area contributed by atoms with Crippen LogP contribution in [0.4, 0.5) is 10.1 Å². The van der Waals surface area contributed by atoms with E-state index in [2.05, 4.69) is 4.90 Å². The highest BCUT2D eigenvalue weighted by Crippen LogP contribution is 2.20. The summed E-state index contributed by atoms with van der Waals surface area (Å²) in [5.74, 6) is -0.785. The van der Waals surface area contributed by atoms with Gasteiger partial charge in [-0.3, -0.25) is 15.0 Å². The molecule has 0 radical (unpaired) electrons. The second-order valence-corrected chi connectivity index (χ2v) is 4.00. The zero-order valence-electron chi connectivity index (χ0n) is 8.60. The van der Waals surface area contributed by atoms with Crippen molar-refractivity contribution in [3.8, 4) is 0 Å². The number of hydrogen-bond donors (Lipinski definition) is 1. The first-order valence-electron chi connectivity index (χ1n) is 4.97. The number of benzene rings is 1. The third kappa shape index (κ3) is 2.17. The lowest BCUT2D eigenvalue weighted by Crippen LogP contribution is -2.54. The molecule has 2 rings (SSSR count). The Hall–Kier alpha value is -1.53. The number of halogens is 1. The summed E-state index contributed by atoms with van der Waals surface area (Å²) in [7, 11) is 0. The fourth-order valence-electron chi connectivity index (χ4n) is 1.79. The first-order chi connectivity index (χ1) is 7.56. The van der Waals surface area contributed by atoms with Crippen LogP contribution in [0.15, 0.2) is 18.2 Å². The molecule has 1 fully saturated rings. The first kappa shape index (κ1) is 11.0. The minimum atomic E-state index is -0.785. The summed E-state index contributed by atoms with van der Waals surface area (Å²) in [5, 5.41) is 10.4. The maximum atomic E-state index is 13.3. The van der Waals surface area contributed by atoms with E-state index < -0.39 is 16.4 Å². The Balaban J connectivity index is 2.06. The normalized spacial score (nSPS) is 17.1. The van der Waals surface area contributed by atoms with Crippen LogP contribution in [0.25, 0.3) is 0 Å². The lowest BCUT2D eigenvalue weighted by Gasteiger charge is -2.36. The summed E-state index contributed by atoms with van der Waals surface area (Å²) >= 11 is 0. The van der Waals surface area contributed by atoms with Crippen LogP contribution in [-0.4, -0.2) is 29.0 Å². The average molecular weight is 225 g/mol. The van der Waals surface area contributed by atoms with Gasteiger partial charge in [-0.25, -0.2) is 0 Å². The fraction of sp³-hybridized carbons (Fsp3) is 0.400. The van der Waals surface area contributed by atoms with Gasteiger partial charge in [-0.2, -0.15) is 4.39 Å². The van der Waals surface area contributed by atoms with E-state index in [-0.39, 0.29) is 6.04 Å². The summed E-state index contributed by atoms with van der Waals surface area (Å²) in [6, 6.07) is 4.18. The molecule has 0 aliphatic carbocycles. The molecule has 2 N–H and O–H groups in total. The van der Waals surface area contributed by atoms with E-state index >= 15 is 0 Å². The molecule has 1 aromatic carbocycles. The smallest absolute Gasteiger partial charge is 0.304 e. The minimum absolute atomic E-state index is 0.197. The molecule has 0 aromatic heterocycles. The van der Waals surface area contributed by atoms with Gasteiger partial charge in [-0.1, -0.05) is 6.07 Å². The number of nitro groups is 1. The summed E-state index contributed by atoms with van der Waals surface area (Å²) in [6.45, 7) is 2.17. The second-order valence-electron chi connectivity index (χ2n) is 4.00. The Morgan fingerprint density at radius 2 is 2.25 bits per heavy atom. The predicted octanol–water partition coefficient (Wildman–Crippen LogP) is 0.877. The van der Waals surface area contributed by atoms with Crippen LogP contribution in [0.2, 0.25) is 0 Å². The molecule has 5 nitrogen and oxygen atoms in total. The molecule has 0 amide bonds. The largest absolute Gasteiger partial charge is 0.325 e. The van der Waals surface area contributed by atoms with Crippen molar-refractivity contribution < 1.29 is 9.31 Å². The maximum absolute atomic E-state index is 13.3. The van der Waals surface area contributed by atoms with Crippen LogP contribution in [0.1, 0.15) is 5.56 Å². The van der Waals surface area contributed by atoms with Crippen molar-refractivity contribution in [2.45, 2.75) is 12.6 Å². The Bertz CT molecular complexity index is 419. The first-order valence-corrected chi connectivity index (χ1v) is 4.97. The predicted molar refractivity (Wildman–Crippen MR) is 56.3 cm³/mol. The third-order valence-electron chi connectivity index (χ3n) is 2.60. The number of nitrogens with two attached hydrogens (primary N) is 1. The van der Waals surface area contributed by atoms with Crippen molar-refractivity contribution in [1.82, 2.24) is 4.90 Å². The van der Waals surface area contributed by atoms with Crippen LogP contribution >= 0.6 is 0 Å². The highest BCUT2D eigenvalue weighted by molar-refractivity contribution is 5.35. The van der Waals surface area contributed by atoms with E-state index in [0.717, 1.165) is 18.7 Å². The van der Waals surface area contributed by atoms with Crippen molar-refractivity contribution in [3.05, 3.63) is 39.7 Å². The van der Waals surface area contributed by atoms with Crippen molar-refractivity contribution in [2.75, 3.05) is 13.1 Å². The van der Waals surface area contributed by atoms with Gasteiger partial charge in [0.15, 0.2) is 0 Å². The van der Waals surface area contributed by atoms with Crippen LogP contribution in [0, 0.1) is 15.9 Å². The standard InChI is InChI=1S/C10H12FN3O2/c11-9-3-7(1-2-10(9)14(15)16)4-13-5-8(12)6-13/h1-3,8H,4-6,12H2. The quantitative estimate of drug-likeness (QED) is 0.612. The van der Waals surface area contributed by atoms with Crippen molar-refractivity contribution in [2.24, 2.45) is 5.73 Å². The molecule has 1 saturated heterocycles. The van der Waals surface area contributed by atoms with Gasteiger partial charge in [0, 0.05) is 31.7 Å². The summed E-state index contributed by atoms with van der Waals surface area (Å²) in [5.41, 5.74) is 5.86. The SMILES string of the molecule is NC1CN(Cc2ccc([N+](=O)[O-])c(F)c2)C1. The Labute approximate surface area is 91.8 Å². The summed E-state index contributed by atoms with van der Waals surface area (Å²) in [4.78, 5) is 11.7. The topological polar surface area (TPSA) is 72.4 Å². The molecular formula is C10H12FN3O2. The number of rotatable bonds is 3. The van der Waals surface area contributed by atoms with Gasteiger partial charge < -0.3 is 5.73 Å².